The first-order valence-electron chi connectivity index (χ1n) is 6.67. The molecule has 0 spiro atoms. The molecule has 1 heterocycles. The zero-order valence-electron chi connectivity index (χ0n) is 11.3. The van der Waals surface area contributed by atoms with Gasteiger partial charge in [-0.25, -0.2) is 4.98 Å². The molecular weight excluding hydrogens is 270 g/mol. The minimum absolute atomic E-state index is 0.277. The fourth-order valence-corrected chi connectivity index (χ4v) is 2.71. The van der Waals surface area contributed by atoms with Crippen molar-refractivity contribution >= 4 is 22.6 Å². The number of benzene rings is 2. The summed E-state index contributed by atoms with van der Waals surface area (Å²) in [6.07, 6.45) is 0. The Kier molecular flexibility index (Phi) is 3.47. The van der Waals surface area contributed by atoms with Crippen LogP contribution in [0.5, 0.6) is 0 Å². The van der Waals surface area contributed by atoms with E-state index in [1.807, 2.05) is 42.5 Å². The van der Waals surface area contributed by atoms with Crippen LogP contribution in [-0.4, -0.2) is 9.55 Å². The van der Waals surface area contributed by atoms with Crippen molar-refractivity contribution in [1.82, 2.24) is 9.55 Å². The maximum atomic E-state index is 6.38. The van der Waals surface area contributed by atoms with Crippen molar-refractivity contribution in [2.45, 2.75) is 19.5 Å². The molecule has 3 aromatic rings. The van der Waals surface area contributed by atoms with E-state index in [0.29, 0.717) is 5.02 Å². The number of aromatic nitrogens is 2. The van der Waals surface area contributed by atoms with E-state index in [-0.39, 0.29) is 6.04 Å². The molecule has 1 aromatic heterocycles. The topological polar surface area (TPSA) is 43.8 Å². The first-order chi connectivity index (χ1) is 9.70. The number of hydrogen-bond donors (Lipinski definition) is 1. The van der Waals surface area contributed by atoms with E-state index in [4.69, 9.17) is 17.3 Å². The lowest BCUT2D eigenvalue weighted by molar-refractivity contribution is 0.671. The van der Waals surface area contributed by atoms with Gasteiger partial charge in [-0.1, -0.05) is 35.9 Å². The molecule has 20 heavy (non-hydrogen) atoms. The number of hydrogen-bond acceptors (Lipinski definition) is 2. The van der Waals surface area contributed by atoms with Crippen molar-refractivity contribution in [2.75, 3.05) is 0 Å². The van der Waals surface area contributed by atoms with Gasteiger partial charge in [-0.15, -0.1) is 0 Å². The zero-order valence-corrected chi connectivity index (χ0v) is 12.0. The van der Waals surface area contributed by atoms with E-state index >= 15 is 0 Å². The molecule has 0 bridgehead atoms. The normalized spacial score (nSPS) is 12.8. The van der Waals surface area contributed by atoms with E-state index in [1.54, 1.807) is 0 Å². The van der Waals surface area contributed by atoms with Crippen molar-refractivity contribution in [3.63, 3.8) is 0 Å². The molecule has 0 saturated carbocycles. The average Bonchev–Trinajstić information content (AvgIpc) is 2.85. The quantitative estimate of drug-likeness (QED) is 0.796. The smallest absolute Gasteiger partial charge is 0.131 e. The van der Waals surface area contributed by atoms with Crippen molar-refractivity contribution in [1.29, 1.82) is 0 Å². The van der Waals surface area contributed by atoms with E-state index < -0.39 is 0 Å². The third-order valence-electron chi connectivity index (χ3n) is 3.49. The average molecular weight is 286 g/mol. The summed E-state index contributed by atoms with van der Waals surface area (Å²) < 4.78 is 2.15. The fraction of sp³-hybridized carbons (Fsp3) is 0.188. The van der Waals surface area contributed by atoms with Crippen molar-refractivity contribution in [2.24, 2.45) is 5.73 Å². The first-order valence-corrected chi connectivity index (χ1v) is 7.04. The molecule has 0 radical (unpaired) electrons. The lowest BCUT2D eigenvalue weighted by Gasteiger charge is -2.14. The third-order valence-corrected chi connectivity index (χ3v) is 3.72. The molecule has 0 aliphatic carbocycles. The summed E-state index contributed by atoms with van der Waals surface area (Å²) in [5, 5.41) is 0.692. The van der Waals surface area contributed by atoms with E-state index in [9.17, 15) is 0 Å². The summed E-state index contributed by atoms with van der Waals surface area (Å²) in [7, 11) is 0. The highest BCUT2D eigenvalue weighted by molar-refractivity contribution is 6.30. The van der Waals surface area contributed by atoms with Gasteiger partial charge in [-0.3, -0.25) is 0 Å². The predicted octanol–water partition coefficient (Wildman–Crippen LogP) is 3.76. The highest BCUT2D eigenvalue weighted by atomic mass is 35.5. The van der Waals surface area contributed by atoms with Gasteiger partial charge in [0.05, 0.1) is 17.1 Å². The lowest BCUT2D eigenvalue weighted by atomic mass is 10.1. The minimum Gasteiger partial charge on any atom is -0.327 e. The molecule has 2 aromatic carbocycles. The zero-order chi connectivity index (χ0) is 14.1. The van der Waals surface area contributed by atoms with E-state index in [0.717, 1.165) is 29.0 Å². The molecule has 4 heteroatoms. The third kappa shape index (κ3) is 2.19. The van der Waals surface area contributed by atoms with E-state index in [2.05, 4.69) is 22.5 Å². The Morgan fingerprint density at radius 3 is 2.75 bits per heavy atom. The maximum Gasteiger partial charge on any atom is 0.131 e. The summed E-state index contributed by atoms with van der Waals surface area (Å²) in [5.74, 6) is 0.871. The summed E-state index contributed by atoms with van der Waals surface area (Å²) in [6, 6.07) is 15.4. The van der Waals surface area contributed by atoms with Crippen LogP contribution in [0, 0.1) is 0 Å². The Bertz CT molecular complexity index is 748. The van der Waals surface area contributed by atoms with Crippen LogP contribution in [0.4, 0.5) is 0 Å². The lowest BCUT2D eigenvalue weighted by Crippen LogP contribution is -2.17. The molecule has 0 fully saturated rings. The van der Waals surface area contributed by atoms with Crippen LogP contribution in [0.1, 0.15) is 24.4 Å². The maximum absolute atomic E-state index is 6.38. The van der Waals surface area contributed by atoms with Crippen LogP contribution in [-0.2, 0) is 6.54 Å². The second-order valence-corrected chi connectivity index (χ2v) is 5.17. The number of nitrogens with zero attached hydrogens (tertiary/aromatic N) is 2. The standard InChI is InChI=1S/C16H16ClN3/c1-2-20-14-9-4-3-8-13(14)19-16(20)15(18)11-6-5-7-12(17)10-11/h3-10,15H,2,18H2,1H3. The van der Waals surface area contributed by atoms with Crippen LogP contribution >= 0.6 is 11.6 Å². The molecule has 0 saturated heterocycles. The fourth-order valence-electron chi connectivity index (χ4n) is 2.51. The highest BCUT2D eigenvalue weighted by Crippen LogP contribution is 2.25. The van der Waals surface area contributed by atoms with Gasteiger partial charge in [0.2, 0.25) is 0 Å². The number of halogens is 1. The molecule has 0 aliphatic rings. The molecule has 3 nitrogen and oxygen atoms in total. The molecule has 1 unspecified atom stereocenters. The van der Waals surface area contributed by atoms with Crippen LogP contribution in [0.15, 0.2) is 48.5 Å². The van der Waals surface area contributed by atoms with Crippen LogP contribution in [0.2, 0.25) is 5.02 Å². The van der Waals surface area contributed by atoms with Crippen molar-refractivity contribution in [3.05, 3.63) is 64.9 Å². The van der Waals surface area contributed by atoms with Gasteiger partial charge in [0.1, 0.15) is 5.82 Å². The summed E-state index contributed by atoms with van der Waals surface area (Å²) in [4.78, 5) is 4.68. The Hall–Kier alpha value is -1.84. The summed E-state index contributed by atoms with van der Waals surface area (Å²) >= 11 is 6.05. The number of rotatable bonds is 3. The Balaban J connectivity index is 2.14. The van der Waals surface area contributed by atoms with Gasteiger partial charge in [0.25, 0.3) is 0 Å². The largest absolute Gasteiger partial charge is 0.327 e. The summed E-state index contributed by atoms with van der Waals surface area (Å²) in [5.41, 5.74) is 9.45. The molecule has 2 N–H and O–H groups in total. The monoisotopic (exact) mass is 285 g/mol. The van der Waals surface area contributed by atoms with Crippen molar-refractivity contribution in [3.8, 4) is 0 Å². The molecule has 0 aliphatic heterocycles. The van der Waals surface area contributed by atoms with E-state index in [1.165, 1.54) is 0 Å². The van der Waals surface area contributed by atoms with Crippen LogP contribution in [0.3, 0.4) is 0 Å². The number of nitrogens with two attached hydrogens (primary N) is 1. The van der Waals surface area contributed by atoms with Gasteiger partial charge < -0.3 is 10.3 Å². The van der Waals surface area contributed by atoms with Gasteiger partial charge in [-0.05, 0) is 36.8 Å². The Morgan fingerprint density at radius 2 is 2.00 bits per heavy atom. The number of imidazole rings is 1. The second-order valence-electron chi connectivity index (χ2n) is 4.74. The predicted molar refractivity (Wildman–Crippen MR) is 82.9 cm³/mol. The van der Waals surface area contributed by atoms with Crippen molar-refractivity contribution < 1.29 is 0 Å². The minimum atomic E-state index is -0.277. The summed E-state index contributed by atoms with van der Waals surface area (Å²) in [6.45, 7) is 2.94. The van der Waals surface area contributed by atoms with Gasteiger partial charge >= 0.3 is 0 Å². The second kappa shape index (κ2) is 5.27. The molecule has 3 rings (SSSR count). The molecule has 1 atom stereocenters. The number of fused-ring (bicyclic) bond motifs is 1. The molecule has 102 valence electrons. The van der Waals surface area contributed by atoms with Gasteiger partial charge in [-0.2, -0.15) is 0 Å². The van der Waals surface area contributed by atoms with Crippen LogP contribution in [0.25, 0.3) is 11.0 Å². The Labute approximate surface area is 123 Å². The molecule has 0 amide bonds. The van der Waals surface area contributed by atoms with Crippen LogP contribution < -0.4 is 5.73 Å². The number of para-hydroxylation sites is 2. The SMILES string of the molecule is CCn1c(C(N)c2cccc(Cl)c2)nc2ccccc21. The first kappa shape index (κ1) is 13.2. The Morgan fingerprint density at radius 1 is 1.20 bits per heavy atom. The molecular formula is C16H16ClN3. The van der Waals surface area contributed by atoms with Gasteiger partial charge in [0, 0.05) is 11.6 Å². The highest BCUT2D eigenvalue weighted by Gasteiger charge is 2.17. The number of aryl methyl sites for hydroxylation is 1. The van der Waals surface area contributed by atoms with Gasteiger partial charge in [0.15, 0.2) is 0 Å².